The van der Waals surface area contributed by atoms with Gasteiger partial charge in [-0.05, 0) is 50.1 Å². The molecule has 0 aromatic heterocycles. The Kier molecular flexibility index (Phi) is 6.34. The van der Waals surface area contributed by atoms with Crippen LogP contribution >= 0.6 is 0 Å². The summed E-state index contributed by atoms with van der Waals surface area (Å²) >= 11 is 0. The smallest absolute Gasteiger partial charge is 0.256 e. The van der Waals surface area contributed by atoms with Crippen LogP contribution in [0.3, 0.4) is 0 Å². The van der Waals surface area contributed by atoms with E-state index < -0.39 is 10.0 Å². The number of carbonyl (C=O) groups excluding carboxylic acids is 2. The van der Waals surface area contributed by atoms with Crippen molar-refractivity contribution in [1.82, 2.24) is 4.90 Å². The number of carbonyl (C=O) groups is 2. The normalized spacial score (nSPS) is 17.8. The number of hydrogen-bond acceptors (Lipinski definition) is 5. The van der Waals surface area contributed by atoms with Gasteiger partial charge < -0.3 is 15.1 Å². The van der Waals surface area contributed by atoms with Crippen LogP contribution in [0, 0.1) is 13.8 Å². The van der Waals surface area contributed by atoms with Gasteiger partial charge in [0.2, 0.25) is 15.9 Å². The van der Waals surface area contributed by atoms with E-state index in [2.05, 4.69) is 42.3 Å². The molecule has 0 aliphatic carbocycles. The van der Waals surface area contributed by atoms with Crippen LogP contribution < -0.4 is 14.5 Å². The fraction of sp³-hybridized carbons (Fsp3) is 0.417. The molecular formula is C24H30N4O4S. The number of piperazine rings is 1. The van der Waals surface area contributed by atoms with Gasteiger partial charge in [-0.25, -0.2) is 8.42 Å². The average Bonchev–Trinajstić information content (AvgIpc) is 3.12. The quantitative estimate of drug-likeness (QED) is 0.742. The first-order valence-electron chi connectivity index (χ1n) is 11.2. The van der Waals surface area contributed by atoms with Crippen molar-refractivity contribution >= 4 is 38.9 Å². The molecule has 176 valence electrons. The van der Waals surface area contributed by atoms with Crippen LogP contribution in [0.2, 0.25) is 0 Å². The van der Waals surface area contributed by atoms with Crippen LogP contribution in [-0.2, 0) is 14.8 Å². The van der Waals surface area contributed by atoms with Crippen LogP contribution in [0.4, 0.5) is 17.1 Å². The summed E-state index contributed by atoms with van der Waals surface area (Å²) < 4.78 is 26.0. The molecule has 9 heteroatoms. The molecule has 2 heterocycles. The first-order valence-corrected chi connectivity index (χ1v) is 12.8. The number of sulfonamides is 1. The van der Waals surface area contributed by atoms with Crippen molar-refractivity contribution in [3.05, 3.63) is 53.1 Å². The summed E-state index contributed by atoms with van der Waals surface area (Å²) in [6, 6.07) is 11.2. The number of rotatable bonds is 4. The molecule has 0 atom stereocenters. The van der Waals surface area contributed by atoms with Crippen LogP contribution in [0.1, 0.15) is 34.8 Å². The van der Waals surface area contributed by atoms with E-state index in [1.54, 1.807) is 23.1 Å². The largest absolute Gasteiger partial charge is 0.368 e. The van der Waals surface area contributed by atoms with Gasteiger partial charge in [0.25, 0.3) is 5.91 Å². The Morgan fingerprint density at radius 1 is 0.939 bits per heavy atom. The van der Waals surface area contributed by atoms with E-state index in [-0.39, 0.29) is 17.6 Å². The molecule has 2 amide bonds. The van der Waals surface area contributed by atoms with E-state index >= 15 is 0 Å². The number of hydrogen-bond donors (Lipinski definition) is 1. The van der Waals surface area contributed by atoms with Crippen LogP contribution in [0.15, 0.2) is 36.4 Å². The predicted octanol–water partition coefficient (Wildman–Crippen LogP) is 2.76. The number of nitrogens with one attached hydrogen (secondary N) is 1. The van der Waals surface area contributed by atoms with E-state index in [1.165, 1.54) is 28.0 Å². The van der Waals surface area contributed by atoms with Gasteiger partial charge >= 0.3 is 0 Å². The monoisotopic (exact) mass is 470 g/mol. The predicted molar refractivity (Wildman–Crippen MR) is 131 cm³/mol. The summed E-state index contributed by atoms with van der Waals surface area (Å²) in [5.74, 6) is -0.381. The number of anilines is 3. The maximum absolute atomic E-state index is 13.3. The lowest BCUT2D eigenvalue weighted by Crippen LogP contribution is -2.49. The highest BCUT2D eigenvalue weighted by Gasteiger charge is 2.30. The van der Waals surface area contributed by atoms with Crippen molar-refractivity contribution in [1.29, 1.82) is 0 Å². The van der Waals surface area contributed by atoms with Gasteiger partial charge in [0.05, 0.1) is 22.7 Å². The van der Waals surface area contributed by atoms with Crippen molar-refractivity contribution in [2.45, 2.75) is 27.2 Å². The highest BCUT2D eigenvalue weighted by atomic mass is 32.2. The lowest BCUT2D eigenvalue weighted by Gasteiger charge is -2.37. The highest BCUT2D eigenvalue weighted by Crippen LogP contribution is 2.30. The molecule has 0 saturated carbocycles. The summed E-state index contributed by atoms with van der Waals surface area (Å²) in [4.78, 5) is 29.2. The second-order valence-electron chi connectivity index (χ2n) is 8.72. The first-order chi connectivity index (χ1) is 15.7. The van der Waals surface area contributed by atoms with Gasteiger partial charge in [-0.2, -0.15) is 0 Å². The van der Waals surface area contributed by atoms with Gasteiger partial charge in [0, 0.05) is 45.3 Å². The Morgan fingerprint density at radius 3 is 2.27 bits per heavy atom. The van der Waals surface area contributed by atoms with Crippen molar-refractivity contribution in [2.75, 3.05) is 53.0 Å². The minimum absolute atomic E-state index is 0.105. The number of amides is 2. The molecule has 2 aromatic carbocycles. The van der Waals surface area contributed by atoms with Crippen molar-refractivity contribution < 1.29 is 18.0 Å². The van der Waals surface area contributed by atoms with E-state index in [0.29, 0.717) is 43.0 Å². The fourth-order valence-corrected chi connectivity index (χ4v) is 6.13. The van der Waals surface area contributed by atoms with Gasteiger partial charge in [-0.1, -0.05) is 17.7 Å². The maximum atomic E-state index is 13.3. The number of aryl methyl sites for hydroxylation is 2. The van der Waals surface area contributed by atoms with Crippen molar-refractivity contribution in [3.63, 3.8) is 0 Å². The van der Waals surface area contributed by atoms with Crippen LogP contribution in [0.5, 0.6) is 0 Å². The molecular weight excluding hydrogens is 440 g/mol. The third kappa shape index (κ3) is 4.83. The molecule has 0 radical (unpaired) electrons. The van der Waals surface area contributed by atoms with Crippen molar-refractivity contribution in [3.8, 4) is 0 Å². The van der Waals surface area contributed by atoms with Gasteiger partial charge in [-0.3, -0.25) is 13.9 Å². The third-order valence-corrected chi connectivity index (χ3v) is 8.06. The second kappa shape index (κ2) is 9.05. The second-order valence-corrected chi connectivity index (χ2v) is 10.7. The Balaban J connectivity index is 1.53. The summed E-state index contributed by atoms with van der Waals surface area (Å²) in [5, 5.41) is 2.71. The lowest BCUT2D eigenvalue weighted by molar-refractivity contribution is -0.114. The maximum Gasteiger partial charge on any atom is 0.256 e. The number of benzene rings is 2. The molecule has 2 aliphatic heterocycles. The summed E-state index contributed by atoms with van der Waals surface area (Å²) in [5.41, 5.74) is 4.79. The summed E-state index contributed by atoms with van der Waals surface area (Å²) in [6.07, 6.45) is 0.559. The van der Waals surface area contributed by atoms with Gasteiger partial charge in [0.1, 0.15) is 0 Å². The molecule has 2 saturated heterocycles. The average molecular weight is 471 g/mol. The molecule has 2 aliphatic rings. The Morgan fingerprint density at radius 2 is 1.67 bits per heavy atom. The Hall–Kier alpha value is -3.07. The van der Waals surface area contributed by atoms with E-state index in [1.807, 2.05) is 0 Å². The molecule has 1 N–H and O–H groups in total. The van der Waals surface area contributed by atoms with Crippen LogP contribution in [0.25, 0.3) is 0 Å². The SMILES string of the molecule is CC(=O)Nc1cc(N2CCCS2(=O)=O)ccc1C(=O)N1CCN(c2ccc(C)cc2C)CC1. The van der Waals surface area contributed by atoms with Gasteiger partial charge in [0.15, 0.2) is 0 Å². The van der Waals surface area contributed by atoms with Crippen molar-refractivity contribution in [2.24, 2.45) is 0 Å². The molecule has 8 nitrogen and oxygen atoms in total. The van der Waals surface area contributed by atoms with E-state index in [4.69, 9.17) is 0 Å². The Labute approximate surface area is 195 Å². The zero-order valence-corrected chi connectivity index (χ0v) is 20.1. The molecule has 2 fully saturated rings. The minimum atomic E-state index is -3.36. The molecule has 4 rings (SSSR count). The standard InChI is InChI=1S/C24H30N4O4S/c1-17-5-8-23(18(2)15-17)26-10-12-27(13-11-26)24(30)21-7-6-20(16-22(21)25-19(3)29)28-9-4-14-33(28,31)32/h5-8,15-16H,4,9-14H2,1-3H3,(H,25,29). The third-order valence-electron chi connectivity index (χ3n) is 6.19. The topological polar surface area (TPSA) is 90.0 Å². The summed E-state index contributed by atoms with van der Waals surface area (Å²) in [6.45, 7) is 8.50. The molecule has 0 bridgehead atoms. The van der Waals surface area contributed by atoms with Gasteiger partial charge in [-0.15, -0.1) is 0 Å². The first kappa shape index (κ1) is 23.1. The van der Waals surface area contributed by atoms with Crippen LogP contribution in [-0.4, -0.2) is 63.6 Å². The Bertz CT molecular complexity index is 1190. The molecule has 0 unspecified atom stereocenters. The zero-order valence-electron chi connectivity index (χ0n) is 19.3. The highest BCUT2D eigenvalue weighted by molar-refractivity contribution is 7.93. The zero-order chi connectivity index (χ0) is 23.8. The number of nitrogens with zero attached hydrogens (tertiary/aromatic N) is 3. The minimum Gasteiger partial charge on any atom is -0.368 e. The summed E-state index contributed by atoms with van der Waals surface area (Å²) in [7, 11) is -3.36. The molecule has 33 heavy (non-hydrogen) atoms. The molecule has 2 aromatic rings. The fourth-order valence-electron chi connectivity index (χ4n) is 4.58. The lowest BCUT2D eigenvalue weighted by atomic mass is 10.1. The van der Waals surface area contributed by atoms with E-state index in [9.17, 15) is 18.0 Å². The van der Waals surface area contributed by atoms with E-state index in [0.717, 1.165) is 13.1 Å². The molecule has 0 spiro atoms.